The van der Waals surface area contributed by atoms with Crippen molar-refractivity contribution < 1.29 is 9.59 Å². The number of nitrogens with one attached hydrogen (secondary N) is 2. The zero-order valence-electron chi connectivity index (χ0n) is 18.3. The van der Waals surface area contributed by atoms with Crippen LogP contribution in [0.2, 0.25) is 5.02 Å². The summed E-state index contributed by atoms with van der Waals surface area (Å²) in [4.78, 5) is 27.9. The molecule has 2 unspecified atom stereocenters. The van der Waals surface area contributed by atoms with Crippen molar-refractivity contribution in [1.82, 2.24) is 15.5 Å². The molecule has 1 fully saturated rings. The molecule has 2 aromatic carbocycles. The van der Waals surface area contributed by atoms with Crippen molar-refractivity contribution in [3.63, 3.8) is 0 Å². The number of carbonyl (C=O) groups is 2. The maximum absolute atomic E-state index is 12.9. The van der Waals surface area contributed by atoms with Crippen LogP contribution in [0.5, 0.6) is 0 Å². The van der Waals surface area contributed by atoms with Crippen molar-refractivity contribution in [2.45, 2.75) is 51.7 Å². The van der Waals surface area contributed by atoms with Gasteiger partial charge in [-0.3, -0.25) is 14.5 Å². The fraction of sp³-hybridized carbons (Fsp3) is 0.440. The number of carbonyl (C=O) groups excluding carboxylic acids is 2. The number of amides is 2. The van der Waals surface area contributed by atoms with Crippen molar-refractivity contribution in [3.8, 4) is 0 Å². The number of likely N-dealkylation sites (tertiary alicyclic amines) is 1. The summed E-state index contributed by atoms with van der Waals surface area (Å²) in [5.41, 5.74) is 1.78. The first-order valence-corrected chi connectivity index (χ1v) is 11.4. The van der Waals surface area contributed by atoms with Crippen LogP contribution in [0.3, 0.4) is 0 Å². The summed E-state index contributed by atoms with van der Waals surface area (Å²) in [6.45, 7) is 6.56. The first kappa shape index (κ1) is 23.3. The Morgan fingerprint density at radius 2 is 1.81 bits per heavy atom. The summed E-state index contributed by atoms with van der Waals surface area (Å²) in [5.74, 6) is -0.0392. The third-order valence-corrected chi connectivity index (χ3v) is 5.93. The van der Waals surface area contributed by atoms with Crippen LogP contribution in [0, 0.1) is 5.92 Å². The maximum atomic E-state index is 12.9. The van der Waals surface area contributed by atoms with Gasteiger partial charge in [-0.15, -0.1) is 0 Å². The molecule has 2 N–H and O–H groups in total. The second kappa shape index (κ2) is 11.3. The van der Waals surface area contributed by atoms with E-state index in [0.717, 1.165) is 31.0 Å². The van der Waals surface area contributed by atoms with E-state index in [1.54, 1.807) is 12.1 Å². The molecule has 2 amide bonds. The van der Waals surface area contributed by atoms with E-state index in [1.165, 1.54) is 5.56 Å². The average molecular weight is 442 g/mol. The second-order valence-electron chi connectivity index (χ2n) is 8.66. The van der Waals surface area contributed by atoms with Crippen molar-refractivity contribution in [1.29, 1.82) is 0 Å². The number of halogens is 1. The van der Waals surface area contributed by atoms with Crippen molar-refractivity contribution >= 4 is 23.4 Å². The number of hydrogen-bond donors (Lipinski definition) is 2. The highest BCUT2D eigenvalue weighted by molar-refractivity contribution is 6.30. The molecular weight excluding hydrogens is 410 g/mol. The Morgan fingerprint density at radius 1 is 1.10 bits per heavy atom. The summed E-state index contributed by atoms with van der Waals surface area (Å²) in [5, 5.41) is 6.75. The van der Waals surface area contributed by atoms with Gasteiger partial charge in [0, 0.05) is 29.7 Å². The standard InChI is InChI=1S/C25H32ClN3O2/c1-18(2)15-23(28-24(30)20-7-4-3-5-8-20)25(31)27-16-22-9-6-14-29(22)17-19-10-12-21(26)13-11-19/h3-5,7-8,10-13,18,22-23H,6,9,14-17H2,1-2H3,(H,27,31)(H,28,30). The van der Waals surface area contributed by atoms with Gasteiger partial charge in [0.2, 0.25) is 5.91 Å². The SMILES string of the molecule is CC(C)CC(NC(=O)c1ccccc1)C(=O)NCC1CCCN1Cc1ccc(Cl)cc1. The highest BCUT2D eigenvalue weighted by Gasteiger charge is 2.27. The molecule has 3 rings (SSSR count). The first-order chi connectivity index (χ1) is 14.9. The van der Waals surface area contributed by atoms with E-state index in [9.17, 15) is 9.59 Å². The summed E-state index contributed by atoms with van der Waals surface area (Å²) in [6, 6.07) is 16.7. The summed E-state index contributed by atoms with van der Waals surface area (Å²) in [6.07, 6.45) is 2.77. The lowest BCUT2D eigenvalue weighted by Crippen LogP contribution is -2.50. The molecule has 0 saturated carbocycles. The smallest absolute Gasteiger partial charge is 0.251 e. The molecule has 0 bridgehead atoms. The Labute approximate surface area is 190 Å². The minimum Gasteiger partial charge on any atom is -0.353 e. The van der Waals surface area contributed by atoms with E-state index in [1.807, 2.05) is 42.5 Å². The number of benzene rings is 2. The van der Waals surface area contributed by atoms with Gasteiger partial charge in [0.25, 0.3) is 5.91 Å². The molecule has 0 radical (unpaired) electrons. The highest BCUT2D eigenvalue weighted by Crippen LogP contribution is 2.20. The molecule has 1 heterocycles. The van der Waals surface area contributed by atoms with Crippen LogP contribution in [0.4, 0.5) is 0 Å². The minimum absolute atomic E-state index is 0.115. The summed E-state index contributed by atoms with van der Waals surface area (Å²) in [7, 11) is 0. The lowest BCUT2D eigenvalue weighted by atomic mass is 10.0. The van der Waals surface area contributed by atoms with Crippen molar-refractivity contribution in [3.05, 3.63) is 70.7 Å². The average Bonchev–Trinajstić information content (AvgIpc) is 3.20. The predicted molar refractivity (Wildman–Crippen MR) is 125 cm³/mol. The molecule has 1 aliphatic rings. The predicted octanol–water partition coefficient (Wildman–Crippen LogP) is 4.27. The number of nitrogens with zero attached hydrogens (tertiary/aromatic N) is 1. The Morgan fingerprint density at radius 3 is 2.48 bits per heavy atom. The van der Waals surface area contributed by atoms with E-state index in [4.69, 9.17) is 11.6 Å². The van der Waals surface area contributed by atoms with Gasteiger partial charge in [0.15, 0.2) is 0 Å². The summed E-state index contributed by atoms with van der Waals surface area (Å²) >= 11 is 5.99. The fourth-order valence-corrected chi connectivity index (χ4v) is 4.16. The van der Waals surface area contributed by atoms with Crippen LogP contribution in [0.25, 0.3) is 0 Å². The van der Waals surface area contributed by atoms with Crippen LogP contribution in [-0.2, 0) is 11.3 Å². The monoisotopic (exact) mass is 441 g/mol. The zero-order chi connectivity index (χ0) is 22.2. The zero-order valence-corrected chi connectivity index (χ0v) is 19.1. The van der Waals surface area contributed by atoms with Crippen molar-refractivity contribution in [2.75, 3.05) is 13.1 Å². The summed E-state index contributed by atoms with van der Waals surface area (Å²) < 4.78 is 0. The third kappa shape index (κ3) is 7.08. The van der Waals surface area contributed by atoms with E-state index < -0.39 is 6.04 Å². The molecule has 2 atom stereocenters. The molecule has 1 aliphatic heterocycles. The quantitative estimate of drug-likeness (QED) is 0.611. The fourth-order valence-electron chi connectivity index (χ4n) is 4.03. The normalized spacial score (nSPS) is 17.5. The molecule has 0 spiro atoms. The lowest BCUT2D eigenvalue weighted by molar-refractivity contribution is -0.123. The lowest BCUT2D eigenvalue weighted by Gasteiger charge is -2.26. The Bertz CT molecular complexity index is 855. The molecular formula is C25H32ClN3O2. The van der Waals surface area contributed by atoms with Gasteiger partial charge in [0.05, 0.1) is 0 Å². The Kier molecular flexibility index (Phi) is 8.50. The van der Waals surface area contributed by atoms with Gasteiger partial charge >= 0.3 is 0 Å². The van der Waals surface area contributed by atoms with Crippen LogP contribution in [-0.4, -0.2) is 41.9 Å². The molecule has 6 heteroatoms. The third-order valence-electron chi connectivity index (χ3n) is 5.67. The van der Waals surface area contributed by atoms with Crippen LogP contribution in [0.1, 0.15) is 49.0 Å². The van der Waals surface area contributed by atoms with Gasteiger partial charge in [-0.05, 0) is 61.6 Å². The van der Waals surface area contributed by atoms with E-state index in [2.05, 4.69) is 29.4 Å². The molecule has 0 aliphatic carbocycles. The number of rotatable bonds is 9. The van der Waals surface area contributed by atoms with Gasteiger partial charge in [-0.2, -0.15) is 0 Å². The molecule has 1 saturated heterocycles. The van der Waals surface area contributed by atoms with E-state index >= 15 is 0 Å². The molecule has 5 nitrogen and oxygen atoms in total. The molecule has 0 aromatic heterocycles. The van der Waals surface area contributed by atoms with Crippen LogP contribution >= 0.6 is 11.6 Å². The molecule has 2 aromatic rings. The maximum Gasteiger partial charge on any atom is 0.251 e. The topological polar surface area (TPSA) is 61.4 Å². The number of hydrogen-bond acceptors (Lipinski definition) is 3. The van der Waals surface area contributed by atoms with Gasteiger partial charge in [0.1, 0.15) is 6.04 Å². The van der Waals surface area contributed by atoms with Gasteiger partial charge < -0.3 is 10.6 Å². The highest BCUT2D eigenvalue weighted by atomic mass is 35.5. The van der Waals surface area contributed by atoms with Crippen LogP contribution < -0.4 is 10.6 Å². The Hall–Kier alpha value is -2.37. The first-order valence-electron chi connectivity index (χ1n) is 11.0. The largest absolute Gasteiger partial charge is 0.353 e. The Balaban J connectivity index is 1.56. The van der Waals surface area contributed by atoms with Crippen LogP contribution in [0.15, 0.2) is 54.6 Å². The molecule has 166 valence electrons. The van der Waals surface area contributed by atoms with E-state index in [0.29, 0.717) is 30.5 Å². The minimum atomic E-state index is -0.543. The van der Waals surface area contributed by atoms with Crippen molar-refractivity contribution in [2.24, 2.45) is 5.92 Å². The molecule has 31 heavy (non-hydrogen) atoms. The van der Waals surface area contributed by atoms with Gasteiger partial charge in [-0.25, -0.2) is 0 Å². The van der Waals surface area contributed by atoms with E-state index in [-0.39, 0.29) is 11.8 Å². The second-order valence-corrected chi connectivity index (χ2v) is 9.10. The van der Waals surface area contributed by atoms with Gasteiger partial charge in [-0.1, -0.05) is 55.8 Å².